The zero-order valence-electron chi connectivity index (χ0n) is 7.04. The average Bonchev–Trinajstić information content (AvgIpc) is 2.15. The molecular weight excluding hydrogens is 184 g/mol. The SMILES string of the molecule is O=C(OOC(F)F)N1CCCCC1. The van der Waals surface area contributed by atoms with Crippen molar-refractivity contribution in [2.24, 2.45) is 0 Å². The number of nitrogens with zero attached hydrogens (tertiary/aromatic N) is 1. The van der Waals surface area contributed by atoms with E-state index < -0.39 is 12.7 Å². The highest BCUT2D eigenvalue weighted by atomic mass is 19.3. The first-order valence-corrected chi connectivity index (χ1v) is 4.10. The van der Waals surface area contributed by atoms with Crippen LogP contribution in [0.1, 0.15) is 19.3 Å². The van der Waals surface area contributed by atoms with Crippen molar-refractivity contribution in [2.75, 3.05) is 13.1 Å². The van der Waals surface area contributed by atoms with Crippen LogP contribution in [0.5, 0.6) is 0 Å². The van der Waals surface area contributed by atoms with Crippen molar-refractivity contribution in [3.8, 4) is 0 Å². The number of halogens is 2. The molecule has 1 aliphatic heterocycles. The van der Waals surface area contributed by atoms with Crippen LogP contribution in [-0.2, 0) is 9.78 Å². The summed E-state index contributed by atoms with van der Waals surface area (Å²) in [5.74, 6) is 0. The molecule has 0 unspecified atom stereocenters. The number of rotatable bonds is 2. The Hall–Kier alpha value is -0.910. The van der Waals surface area contributed by atoms with E-state index in [1.54, 1.807) is 0 Å². The van der Waals surface area contributed by atoms with Crippen LogP contribution in [0, 0.1) is 0 Å². The van der Waals surface area contributed by atoms with Crippen molar-refractivity contribution in [2.45, 2.75) is 25.9 Å². The molecule has 0 spiro atoms. The van der Waals surface area contributed by atoms with Crippen LogP contribution in [0.25, 0.3) is 0 Å². The van der Waals surface area contributed by atoms with E-state index in [9.17, 15) is 13.6 Å². The molecule has 1 rings (SSSR count). The van der Waals surface area contributed by atoms with Crippen molar-refractivity contribution in [3.05, 3.63) is 0 Å². The van der Waals surface area contributed by atoms with E-state index in [2.05, 4.69) is 9.78 Å². The maximum atomic E-state index is 11.4. The van der Waals surface area contributed by atoms with Crippen LogP contribution in [0.3, 0.4) is 0 Å². The Bertz CT molecular complexity index is 171. The van der Waals surface area contributed by atoms with Crippen molar-refractivity contribution in [1.82, 2.24) is 4.90 Å². The lowest BCUT2D eigenvalue weighted by Gasteiger charge is -2.24. The maximum Gasteiger partial charge on any atom is 0.441 e. The Labute approximate surface area is 74.3 Å². The summed E-state index contributed by atoms with van der Waals surface area (Å²) in [6.45, 7) is -1.98. The first-order chi connectivity index (χ1) is 6.20. The Morgan fingerprint density at radius 1 is 1.23 bits per heavy atom. The molecule has 6 heteroatoms. The van der Waals surface area contributed by atoms with Crippen LogP contribution in [0.4, 0.5) is 13.6 Å². The fourth-order valence-electron chi connectivity index (χ4n) is 1.21. The third-order valence-corrected chi connectivity index (χ3v) is 1.81. The summed E-state index contributed by atoms with van der Waals surface area (Å²) in [6.07, 6.45) is 1.98. The molecule has 0 aromatic carbocycles. The van der Waals surface area contributed by atoms with Gasteiger partial charge in [0.05, 0.1) is 0 Å². The van der Waals surface area contributed by atoms with Gasteiger partial charge in [-0.3, -0.25) is 4.89 Å². The number of carbonyl (C=O) groups is 1. The smallest absolute Gasteiger partial charge is 0.306 e. The molecule has 0 aromatic heterocycles. The Morgan fingerprint density at radius 3 is 2.38 bits per heavy atom. The van der Waals surface area contributed by atoms with Crippen molar-refractivity contribution < 1.29 is 23.4 Å². The Kier molecular flexibility index (Phi) is 3.88. The maximum absolute atomic E-state index is 11.4. The van der Waals surface area contributed by atoms with Crippen LogP contribution < -0.4 is 0 Å². The fourth-order valence-corrected chi connectivity index (χ4v) is 1.21. The molecule has 0 atom stereocenters. The fraction of sp³-hybridized carbons (Fsp3) is 0.857. The summed E-state index contributed by atoms with van der Waals surface area (Å²) in [4.78, 5) is 19.6. The third-order valence-electron chi connectivity index (χ3n) is 1.81. The molecule has 4 nitrogen and oxygen atoms in total. The summed E-state index contributed by atoms with van der Waals surface area (Å²) in [6, 6.07) is 0. The number of alkyl halides is 2. The monoisotopic (exact) mass is 195 g/mol. The zero-order chi connectivity index (χ0) is 9.68. The van der Waals surface area contributed by atoms with E-state index in [1.165, 1.54) is 4.90 Å². The second-order valence-corrected chi connectivity index (χ2v) is 2.75. The van der Waals surface area contributed by atoms with Crippen LogP contribution in [0.2, 0.25) is 0 Å². The highest BCUT2D eigenvalue weighted by molar-refractivity contribution is 5.66. The number of likely N-dealkylation sites (tertiary alicyclic amines) is 1. The molecule has 1 heterocycles. The summed E-state index contributed by atoms with van der Waals surface area (Å²) in [5.41, 5.74) is 0. The molecule has 0 aromatic rings. The van der Waals surface area contributed by atoms with Gasteiger partial charge < -0.3 is 4.90 Å². The number of piperidine rings is 1. The Morgan fingerprint density at radius 2 is 1.85 bits per heavy atom. The summed E-state index contributed by atoms with van der Waals surface area (Å²) in [5, 5.41) is 0. The van der Waals surface area contributed by atoms with Gasteiger partial charge in [0.25, 0.3) is 0 Å². The number of amides is 1. The molecule has 13 heavy (non-hydrogen) atoms. The van der Waals surface area contributed by atoms with Crippen LogP contribution in [-0.4, -0.2) is 30.7 Å². The highest BCUT2D eigenvalue weighted by Gasteiger charge is 2.19. The quantitative estimate of drug-likeness (QED) is 0.497. The van der Waals surface area contributed by atoms with E-state index in [1.807, 2.05) is 0 Å². The van der Waals surface area contributed by atoms with Gasteiger partial charge in [0.2, 0.25) is 0 Å². The molecular formula is C7H11F2NO3. The largest absolute Gasteiger partial charge is 0.441 e. The summed E-state index contributed by atoms with van der Waals surface area (Å²) >= 11 is 0. The van der Waals surface area contributed by atoms with Gasteiger partial charge in [-0.25, -0.2) is 4.79 Å². The van der Waals surface area contributed by atoms with Crippen LogP contribution >= 0.6 is 0 Å². The molecule has 76 valence electrons. The zero-order valence-corrected chi connectivity index (χ0v) is 7.04. The minimum Gasteiger partial charge on any atom is -0.306 e. The molecule has 0 bridgehead atoms. The Balaban J connectivity index is 2.21. The number of carbonyl (C=O) groups excluding carboxylic acids is 1. The molecule has 0 N–H and O–H groups in total. The van der Waals surface area contributed by atoms with Gasteiger partial charge in [0, 0.05) is 13.1 Å². The summed E-state index contributed by atoms with van der Waals surface area (Å²) < 4.78 is 22.9. The topological polar surface area (TPSA) is 38.8 Å². The molecule has 1 aliphatic rings. The van der Waals surface area contributed by atoms with Gasteiger partial charge in [0.1, 0.15) is 0 Å². The summed E-state index contributed by atoms with van der Waals surface area (Å²) in [7, 11) is 0. The molecule has 1 saturated heterocycles. The van der Waals surface area contributed by atoms with Gasteiger partial charge in [-0.2, -0.15) is 8.78 Å². The predicted molar refractivity (Wildman–Crippen MR) is 39.0 cm³/mol. The second kappa shape index (κ2) is 4.96. The molecule has 0 saturated carbocycles. The average molecular weight is 195 g/mol. The van der Waals surface area contributed by atoms with Crippen molar-refractivity contribution >= 4 is 6.09 Å². The lowest BCUT2D eigenvalue weighted by Crippen LogP contribution is -2.36. The minimum atomic E-state index is -3.08. The van der Waals surface area contributed by atoms with Crippen molar-refractivity contribution in [1.29, 1.82) is 0 Å². The lowest BCUT2D eigenvalue weighted by molar-refractivity contribution is -0.347. The lowest BCUT2D eigenvalue weighted by atomic mass is 10.1. The molecule has 0 aliphatic carbocycles. The molecule has 0 radical (unpaired) electrons. The standard InChI is InChI=1S/C7H11F2NO3/c8-6(9)12-13-7(11)10-4-2-1-3-5-10/h6H,1-5H2. The normalized spacial score (nSPS) is 17.6. The molecule has 1 amide bonds. The van der Waals surface area contributed by atoms with Gasteiger partial charge in [0.15, 0.2) is 0 Å². The van der Waals surface area contributed by atoms with Gasteiger partial charge in [-0.15, -0.1) is 4.89 Å². The highest BCUT2D eigenvalue weighted by Crippen LogP contribution is 2.10. The van der Waals surface area contributed by atoms with Crippen molar-refractivity contribution in [3.63, 3.8) is 0 Å². The van der Waals surface area contributed by atoms with Gasteiger partial charge in [-0.1, -0.05) is 0 Å². The van der Waals surface area contributed by atoms with E-state index in [4.69, 9.17) is 0 Å². The second-order valence-electron chi connectivity index (χ2n) is 2.75. The first-order valence-electron chi connectivity index (χ1n) is 4.10. The van der Waals surface area contributed by atoms with Gasteiger partial charge in [-0.05, 0) is 19.3 Å². The minimum absolute atomic E-state index is 0.547. The number of hydrogen-bond donors (Lipinski definition) is 0. The van der Waals surface area contributed by atoms with E-state index in [0.29, 0.717) is 13.1 Å². The van der Waals surface area contributed by atoms with E-state index in [-0.39, 0.29) is 0 Å². The third kappa shape index (κ3) is 3.54. The molecule has 1 fully saturated rings. The van der Waals surface area contributed by atoms with Crippen LogP contribution in [0.15, 0.2) is 0 Å². The predicted octanol–water partition coefficient (Wildman–Crippen LogP) is 1.76. The van der Waals surface area contributed by atoms with E-state index in [0.717, 1.165) is 19.3 Å². The van der Waals surface area contributed by atoms with E-state index >= 15 is 0 Å². The first kappa shape index (κ1) is 10.2. The van der Waals surface area contributed by atoms with Gasteiger partial charge >= 0.3 is 12.7 Å². The number of hydrogen-bond acceptors (Lipinski definition) is 3.